The van der Waals surface area contributed by atoms with Crippen molar-refractivity contribution in [3.8, 4) is 0 Å². The van der Waals surface area contributed by atoms with Crippen molar-refractivity contribution in [2.45, 2.75) is 39.7 Å². The van der Waals surface area contributed by atoms with Crippen LogP contribution in [-0.4, -0.2) is 36.0 Å². The normalized spacial score (nSPS) is 15.4. The standard InChI is InChI=1S/C21H26N2O3S/c1-21(2)10-9-16-15(11-21)17(20(25)26)19(27-16)22-18(24)14-8-6-5-7-13(14)12-23(3)4/h5-8H,9-12H2,1-4H3,(H,22,24)(H,25,26). The van der Waals surface area contributed by atoms with Crippen molar-refractivity contribution in [2.75, 3.05) is 19.4 Å². The zero-order valence-corrected chi connectivity index (χ0v) is 17.1. The van der Waals surface area contributed by atoms with E-state index in [0.717, 1.165) is 35.3 Å². The van der Waals surface area contributed by atoms with Gasteiger partial charge in [0.25, 0.3) is 5.91 Å². The van der Waals surface area contributed by atoms with E-state index in [-0.39, 0.29) is 16.9 Å². The second kappa shape index (κ2) is 7.44. The van der Waals surface area contributed by atoms with Crippen LogP contribution >= 0.6 is 11.3 Å². The van der Waals surface area contributed by atoms with Crippen LogP contribution in [0.2, 0.25) is 0 Å². The van der Waals surface area contributed by atoms with Crippen molar-refractivity contribution in [2.24, 2.45) is 5.41 Å². The maximum Gasteiger partial charge on any atom is 0.339 e. The zero-order chi connectivity index (χ0) is 19.8. The Hall–Kier alpha value is -2.18. The molecule has 1 aliphatic carbocycles. The molecule has 0 aliphatic heterocycles. The number of carboxylic acids is 1. The Morgan fingerprint density at radius 3 is 2.63 bits per heavy atom. The Morgan fingerprint density at radius 1 is 1.26 bits per heavy atom. The molecule has 1 aliphatic rings. The molecular formula is C21H26N2O3S. The number of anilines is 1. The largest absolute Gasteiger partial charge is 0.478 e. The molecule has 1 amide bonds. The van der Waals surface area contributed by atoms with E-state index >= 15 is 0 Å². The molecule has 1 aromatic heterocycles. The van der Waals surface area contributed by atoms with E-state index in [4.69, 9.17) is 0 Å². The smallest absolute Gasteiger partial charge is 0.339 e. The van der Waals surface area contributed by atoms with Crippen LogP contribution in [0.3, 0.4) is 0 Å². The van der Waals surface area contributed by atoms with E-state index in [1.807, 2.05) is 37.2 Å². The number of nitrogens with one attached hydrogen (secondary N) is 1. The molecular weight excluding hydrogens is 360 g/mol. The van der Waals surface area contributed by atoms with Gasteiger partial charge < -0.3 is 15.3 Å². The minimum absolute atomic E-state index is 0.0812. The predicted molar refractivity (Wildman–Crippen MR) is 109 cm³/mol. The van der Waals surface area contributed by atoms with E-state index in [1.165, 1.54) is 11.3 Å². The van der Waals surface area contributed by atoms with Crippen LogP contribution in [0.1, 0.15) is 57.0 Å². The second-order valence-electron chi connectivity index (χ2n) is 8.20. The third kappa shape index (κ3) is 4.22. The summed E-state index contributed by atoms with van der Waals surface area (Å²) in [5.41, 5.74) is 2.73. The molecule has 144 valence electrons. The molecule has 0 fully saturated rings. The topological polar surface area (TPSA) is 69.6 Å². The van der Waals surface area contributed by atoms with Crippen molar-refractivity contribution in [1.82, 2.24) is 4.90 Å². The number of amides is 1. The highest BCUT2D eigenvalue weighted by Crippen LogP contribution is 2.43. The van der Waals surface area contributed by atoms with E-state index in [2.05, 4.69) is 19.2 Å². The number of benzene rings is 1. The minimum Gasteiger partial charge on any atom is -0.478 e. The Labute approximate surface area is 164 Å². The highest BCUT2D eigenvalue weighted by atomic mass is 32.1. The monoisotopic (exact) mass is 386 g/mol. The minimum atomic E-state index is -0.970. The number of hydrogen-bond donors (Lipinski definition) is 2. The van der Waals surface area contributed by atoms with Crippen molar-refractivity contribution < 1.29 is 14.7 Å². The molecule has 0 spiro atoms. The highest BCUT2D eigenvalue weighted by molar-refractivity contribution is 7.17. The number of thiophene rings is 1. The molecule has 2 aromatic rings. The van der Waals surface area contributed by atoms with Gasteiger partial charge >= 0.3 is 5.97 Å². The van der Waals surface area contributed by atoms with Gasteiger partial charge in [-0.3, -0.25) is 4.79 Å². The third-order valence-electron chi connectivity index (χ3n) is 4.96. The lowest BCUT2D eigenvalue weighted by atomic mass is 9.76. The third-order valence-corrected chi connectivity index (χ3v) is 6.17. The van der Waals surface area contributed by atoms with Crippen LogP contribution in [0, 0.1) is 5.41 Å². The summed E-state index contributed by atoms with van der Waals surface area (Å²) in [6.45, 7) is 4.97. The van der Waals surface area contributed by atoms with Crippen molar-refractivity contribution in [1.29, 1.82) is 0 Å². The first-order valence-electron chi connectivity index (χ1n) is 9.10. The Bertz CT molecular complexity index is 884. The maximum atomic E-state index is 12.9. The first kappa shape index (κ1) is 19.6. The predicted octanol–water partition coefficient (Wildman–Crippen LogP) is 4.28. The van der Waals surface area contributed by atoms with Gasteiger partial charge in [0, 0.05) is 17.0 Å². The van der Waals surface area contributed by atoms with E-state index in [0.29, 0.717) is 17.1 Å². The fraction of sp³-hybridized carbons (Fsp3) is 0.429. The first-order valence-corrected chi connectivity index (χ1v) is 9.91. The molecule has 0 radical (unpaired) electrons. The van der Waals surface area contributed by atoms with E-state index in [1.54, 1.807) is 6.07 Å². The molecule has 0 bridgehead atoms. The molecule has 1 heterocycles. The van der Waals surface area contributed by atoms with Gasteiger partial charge in [-0.15, -0.1) is 11.3 Å². The molecule has 0 unspecified atom stereocenters. The number of aromatic carboxylic acids is 1. The van der Waals surface area contributed by atoms with Crippen LogP contribution in [-0.2, 0) is 19.4 Å². The van der Waals surface area contributed by atoms with Crippen molar-refractivity contribution >= 4 is 28.2 Å². The second-order valence-corrected chi connectivity index (χ2v) is 9.31. The average Bonchev–Trinajstić information content (AvgIpc) is 2.90. The lowest BCUT2D eigenvalue weighted by Crippen LogP contribution is -2.23. The molecule has 1 aromatic carbocycles. The van der Waals surface area contributed by atoms with Gasteiger partial charge in [0.1, 0.15) is 5.00 Å². The van der Waals surface area contributed by atoms with Gasteiger partial charge in [-0.2, -0.15) is 0 Å². The highest BCUT2D eigenvalue weighted by Gasteiger charge is 2.33. The molecule has 2 N–H and O–H groups in total. The number of carbonyl (C=O) groups is 2. The molecule has 6 heteroatoms. The molecule has 5 nitrogen and oxygen atoms in total. The molecule has 0 atom stereocenters. The summed E-state index contributed by atoms with van der Waals surface area (Å²) in [6, 6.07) is 7.44. The zero-order valence-electron chi connectivity index (χ0n) is 16.3. The van der Waals surface area contributed by atoms with Gasteiger partial charge in [0.15, 0.2) is 0 Å². The van der Waals surface area contributed by atoms with Gasteiger partial charge in [0.05, 0.1) is 5.56 Å². The van der Waals surface area contributed by atoms with Gasteiger partial charge in [-0.25, -0.2) is 4.79 Å². The maximum absolute atomic E-state index is 12.9. The van der Waals surface area contributed by atoms with Gasteiger partial charge in [-0.05, 0) is 56.0 Å². The summed E-state index contributed by atoms with van der Waals surface area (Å²) >= 11 is 1.41. The van der Waals surface area contributed by atoms with Crippen LogP contribution in [0.25, 0.3) is 0 Å². The summed E-state index contributed by atoms with van der Waals surface area (Å²) in [5.74, 6) is -1.23. The number of carbonyl (C=O) groups excluding carboxylic acids is 1. The molecule has 0 saturated carbocycles. The van der Waals surface area contributed by atoms with Crippen LogP contribution in [0.15, 0.2) is 24.3 Å². The number of aryl methyl sites for hydroxylation is 1. The molecule has 0 saturated heterocycles. The van der Waals surface area contributed by atoms with Gasteiger partial charge in [-0.1, -0.05) is 32.0 Å². The average molecular weight is 387 g/mol. The van der Waals surface area contributed by atoms with Gasteiger partial charge in [0.2, 0.25) is 0 Å². The fourth-order valence-corrected chi connectivity index (χ4v) is 4.83. The quantitative estimate of drug-likeness (QED) is 0.805. The number of carboxylic acid groups (broad SMARTS) is 1. The lowest BCUT2D eigenvalue weighted by Gasteiger charge is -2.29. The van der Waals surface area contributed by atoms with Crippen LogP contribution < -0.4 is 5.32 Å². The van der Waals surface area contributed by atoms with Crippen molar-refractivity contribution in [3.63, 3.8) is 0 Å². The number of rotatable bonds is 5. The fourth-order valence-electron chi connectivity index (χ4n) is 3.63. The molecule has 27 heavy (non-hydrogen) atoms. The number of fused-ring (bicyclic) bond motifs is 1. The lowest BCUT2D eigenvalue weighted by molar-refractivity contribution is 0.0696. The Morgan fingerprint density at radius 2 is 1.96 bits per heavy atom. The van der Waals surface area contributed by atoms with E-state index in [9.17, 15) is 14.7 Å². The summed E-state index contributed by atoms with van der Waals surface area (Å²) in [5, 5.41) is 13.1. The SMILES string of the molecule is CN(C)Cc1ccccc1C(=O)Nc1sc2c(c1C(=O)O)CC(C)(C)CC2. The number of hydrogen-bond acceptors (Lipinski definition) is 4. The Kier molecular flexibility index (Phi) is 5.40. The summed E-state index contributed by atoms with van der Waals surface area (Å²) in [4.78, 5) is 27.9. The summed E-state index contributed by atoms with van der Waals surface area (Å²) in [6.07, 6.45) is 2.62. The summed E-state index contributed by atoms with van der Waals surface area (Å²) in [7, 11) is 3.90. The molecule has 3 rings (SSSR count). The van der Waals surface area contributed by atoms with E-state index < -0.39 is 5.97 Å². The van der Waals surface area contributed by atoms with Crippen LogP contribution in [0.4, 0.5) is 5.00 Å². The van der Waals surface area contributed by atoms with Crippen LogP contribution in [0.5, 0.6) is 0 Å². The Balaban J connectivity index is 1.94. The van der Waals surface area contributed by atoms with Crippen molar-refractivity contribution in [3.05, 3.63) is 51.4 Å². The first-order chi connectivity index (χ1) is 12.7. The number of nitrogens with zero attached hydrogens (tertiary/aromatic N) is 1. The summed E-state index contributed by atoms with van der Waals surface area (Å²) < 4.78 is 0.